The number of piperidine rings is 1. The van der Waals surface area contributed by atoms with Crippen molar-refractivity contribution in [1.82, 2.24) is 9.47 Å². The average Bonchev–Trinajstić information content (AvgIpc) is 3.13. The van der Waals surface area contributed by atoms with E-state index in [9.17, 15) is 22.8 Å². The number of aromatic nitrogens is 1. The van der Waals surface area contributed by atoms with Gasteiger partial charge in [-0.2, -0.15) is 13.2 Å². The molecule has 4 rings (SSSR count). The topological polar surface area (TPSA) is 62.5 Å². The number of nitrogens with zero attached hydrogens (tertiary/aromatic N) is 2. The number of hydrogen-bond acceptors (Lipinski definition) is 3. The monoisotopic (exact) mass is 540 g/mol. The molecule has 3 aromatic rings. The highest BCUT2D eigenvalue weighted by molar-refractivity contribution is 6.40. The van der Waals surface area contributed by atoms with E-state index in [-0.39, 0.29) is 27.9 Å². The highest BCUT2D eigenvalue weighted by atomic mass is 35.5. The zero-order valence-corrected chi connectivity index (χ0v) is 21.3. The van der Waals surface area contributed by atoms with Gasteiger partial charge in [-0.25, -0.2) is 0 Å². The summed E-state index contributed by atoms with van der Waals surface area (Å²) in [5, 5.41) is 9.70. The van der Waals surface area contributed by atoms with Crippen molar-refractivity contribution in [3.05, 3.63) is 68.3 Å². The Morgan fingerprint density at radius 3 is 2.36 bits per heavy atom. The lowest BCUT2D eigenvalue weighted by atomic mass is 9.93. The third-order valence-electron chi connectivity index (χ3n) is 6.78. The van der Waals surface area contributed by atoms with E-state index in [4.69, 9.17) is 28.3 Å². The maximum absolute atomic E-state index is 13.6. The molecule has 0 radical (unpaired) electrons. The van der Waals surface area contributed by atoms with Crippen LogP contribution >= 0.6 is 23.2 Å². The highest BCUT2D eigenvalue weighted by Gasteiger charge is 2.32. The molecule has 1 aliphatic rings. The number of aliphatic carboxylic acids is 1. The quantitative estimate of drug-likeness (QED) is 0.380. The Morgan fingerprint density at radius 2 is 1.75 bits per heavy atom. The zero-order valence-electron chi connectivity index (χ0n) is 19.8. The third kappa shape index (κ3) is 5.26. The van der Waals surface area contributed by atoms with E-state index < -0.39 is 23.6 Å². The highest BCUT2D eigenvalue weighted by Crippen LogP contribution is 2.37. The van der Waals surface area contributed by atoms with Crippen molar-refractivity contribution < 1.29 is 27.9 Å². The van der Waals surface area contributed by atoms with Crippen LogP contribution in [0.25, 0.3) is 10.9 Å². The van der Waals surface area contributed by atoms with Crippen molar-refractivity contribution >= 4 is 46.0 Å². The predicted molar refractivity (Wildman–Crippen MR) is 133 cm³/mol. The average molecular weight is 541 g/mol. The largest absolute Gasteiger partial charge is 0.481 e. The van der Waals surface area contributed by atoms with Crippen LogP contribution in [0, 0.1) is 19.8 Å². The maximum Gasteiger partial charge on any atom is 0.416 e. The smallest absolute Gasteiger partial charge is 0.416 e. The molecule has 5 nitrogen and oxygen atoms in total. The van der Waals surface area contributed by atoms with Crippen LogP contribution in [0.15, 0.2) is 30.5 Å². The van der Waals surface area contributed by atoms with Gasteiger partial charge in [0.05, 0.1) is 26.7 Å². The first kappa shape index (κ1) is 26.5. The number of alkyl halides is 3. The van der Waals surface area contributed by atoms with Crippen molar-refractivity contribution in [3.8, 4) is 0 Å². The van der Waals surface area contributed by atoms with Gasteiger partial charge in [0.1, 0.15) is 0 Å². The van der Waals surface area contributed by atoms with Crippen LogP contribution in [0.4, 0.5) is 13.2 Å². The summed E-state index contributed by atoms with van der Waals surface area (Å²) in [5.41, 5.74) is 1.24. The number of rotatable bonds is 5. The van der Waals surface area contributed by atoms with Crippen LogP contribution in [0.5, 0.6) is 0 Å². The number of fused-ring (bicyclic) bond motifs is 1. The minimum Gasteiger partial charge on any atom is -0.481 e. The standard InChI is InChI=1S/C26H25Cl2F3N2O3/c1-14-9-18(26(29,30)31)11-19-15(2)12-33(24(14)19)25(36)22-20(27)4-3-17(23(22)28)13-32-7-5-16(6-8-32)10-21(34)35/h3-4,9,11-12,16H,5-8,10,13H2,1-2H3,(H,34,35). The summed E-state index contributed by atoms with van der Waals surface area (Å²) < 4.78 is 41.3. The second kappa shape index (κ2) is 10.1. The van der Waals surface area contributed by atoms with E-state index in [1.165, 1.54) is 17.7 Å². The second-order valence-electron chi connectivity index (χ2n) is 9.39. The second-order valence-corrected chi connectivity index (χ2v) is 10.2. The third-order valence-corrected chi connectivity index (χ3v) is 7.53. The molecule has 1 saturated heterocycles. The van der Waals surface area contributed by atoms with Gasteiger partial charge in [0.25, 0.3) is 5.91 Å². The molecule has 0 atom stereocenters. The fraction of sp³-hybridized carbons (Fsp3) is 0.385. The lowest BCUT2D eigenvalue weighted by molar-refractivity contribution is -0.139. The number of halogens is 5. The van der Waals surface area contributed by atoms with Crippen molar-refractivity contribution in [2.75, 3.05) is 13.1 Å². The summed E-state index contributed by atoms with van der Waals surface area (Å²) in [6.45, 7) is 5.08. The van der Waals surface area contributed by atoms with Gasteiger partial charge in [-0.1, -0.05) is 29.3 Å². The lowest BCUT2D eigenvalue weighted by Gasteiger charge is -2.31. The van der Waals surface area contributed by atoms with Crippen LogP contribution in [-0.2, 0) is 17.5 Å². The fourth-order valence-corrected chi connectivity index (χ4v) is 5.51. The zero-order chi connectivity index (χ0) is 26.4. The van der Waals surface area contributed by atoms with Crippen molar-refractivity contribution in [1.29, 1.82) is 0 Å². The van der Waals surface area contributed by atoms with Gasteiger partial charge in [-0.05, 0) is 80.6 Å². The molecule has 1 aliphatic heterocycles. The number of likely N-dealkylation sites (tertiary alicyclic amines) is 1. The van der Waals surface area contributed by atoms with Crippen LogP contribution in [0.1, 0.15) is 51.9 Å². The molecular formula is C26H25Cl2F3N2O3. The predicted octanol–water partition coefficient (Wildman–Crippen LogP) is 6.96. The normalized spacial score (nSPS) is 15.5. The maximum atomic E-state index is 13.6. The van der Waals surface area contributed by atoms with E-state index in [2.05, 4.69) is 4.90 Å². The van der Waals surface area contributed by atoms with Gasteiger partial charge in [0.15, 0.2) is 0 Å². The van der Waals surface area contributed by atoms with Crippen LogP contribution < -0.4 is 0 Å². The Balaban J connectivity index is 1.65. The van der Waals surface area contributed by atoms with Crippen molar-refractivity contribution in [3.63, 3.8) is 0 Å². The molecule has 1 fully saturated rings. The van der Waals surface area contributed by atoms with Crippen LogP contribution in [-0.4, -0.2) is 39.5 Å². The Morgan fingerprint density at radius 1 is 1.08 bits per heavy atom. The van der Waals surface area contributed by atoms with E-state index in [0.29, 0.717) is 47.2 Å². The first-order valence-corrected chi connectivity index (χ1v) is 12.3. The SMILES string of the molecule is Cc1cn(C(=O)c2c(Cl)ccc(CN3CCC(CC(=O)O)CC3)c2Cl)c2c(C)cc(C(F)(F)F)cc12. The van der Waals surface area contributed by atoms with Gasteiger partial charge < -0.3 is 5.11 Å². The lowest BCUT2D eigenvalue weighted by Crippen LogP contribution is -2.34. The van der Waals surface area contributed by atoms with E-state index >= 15 is 0 Å². The number of benzene rings is 2. The Hall–Kier alpha value is -2.55. The number of carbonyl (C=O) groups excluding carboxylic acids is 1. The molecule has 0 aliphatic carbocycles. The molecule has 0 spiro atoms. The van der Waals surface area contributed by atoms with Crippen LogP contribution in [0.3, 0.4) is 0 Å². The number of hydrogen-bond donors (Lipinski definition) is 1. The Kier molecular flexibility index (Phi) is 7.42. The van der Waals surface area contributed by atoms with Gasteiger partial charge in [0, 0.05) is 24.5 Å². The summed E-state index contributed by atoms with van der Waals surface area (Å²) in [6.07, 6.45) is -1.32. The van der Waals surface area contributed by atoms with Gasteiger partial charge in [-0.15, -0.1) is 0 Å². The molecule has 0 unspecified atom stereocenters. The fourth-order valence-electron chi connectivity index (χ4n) is 4.92. The molecule has 192 valence electrons. The summed E-state index contributed by atoms with van der Waals surface area (Å²) in [4.78, 5) is 26.8. The minimum absolute atomic E-state index is 0.0906. The van der Waals surface area contributed by atoms with E-state index in [0.717, 1.165) is 25.0 Å². The molecule has 2 heterocycles. The molecular weight excluding hydrogens is 516 g/mol. The molecule has 1 N–H and O–H groups in total. The summed E-state index contributed by atoms with van der Waals surface area (Å²) in [6, 6.07) is 5.43. The van der Waals surface area contributed by atoms with E-state index in [1.807, 2.05) is 0 Å². The van der Waals surface area contributed by atoms with Crippen molar-refractivity contribution in [2.45, 2.75) is 45.8 Å². The van der Waals surface area contributed by atoms with Gasteiger partial charge >= 0.3 is 12.1 Å². The number of carbonyl (C=O) groups is 2. The number of carboxylic acid groups (broad SMARTS) is 1. The molecule has 36 heavy (non-hydrogen) atoms. The molecule has 0 amide bonds. The Bertz CT molecular complexity index is 1340. The summed E-state index contributed by atoms with van der Waals surface area (Å²) >= 11 is 13.1. The molecule has 0 saturated carbocycles. The first-order valence-electron chi connectivity index (χ1n) is 11.5. The minimum atomic E-state index is -4.50. The number of carboxylic acids is 1. The van der Waals surface area contributed by atoms with Crippen LogP contribution in [0.2, 0.25) is 10.0 Å². The molecule has 1 aromatic heterocycles. The first-order chi connectivity index (χ1) is 16.9. The van der Waals surface area contributed by atoms with Gasteiger partial charge in [-0.3, -0.25) is 19.1 Å². The molecule has 10 heteroatoms. The van der Waals surface area contributed by atoms with Gasteiger partial charge in [0.2, 0.25) is 0 Å². The Labute approximate surface area is 216 Å². The summed E-state index contributed by atoms with van der Waals surface area (Å²) in [5.74, 6) is -1.18. The van der Waals surface area contributed by atoms with E-state index in [1.54, 1.807) is 19.1 Å². The number of aryl methyl sites for hydroxylation is 2. The van der Waals surface area contributed by atoms with Crippen molar-refractivity contribution in [2.24, 2.45) is 5.92 Å². The molecule has 2 aromatic carbocycles. The summed E-state index contributed by atoms with van der Waals surface area (Å²) in [7, 11) is 0. The molecule has 0 bridgehead atoms.